The molecule has 1 N–H and O–H groups in total. The van der Waals surface area contributed by atoms with Crippen molar-refractivity contribution in [1.82, 2.24) is 10.2 Å². The predicted octanol–water partition coefficient (Wildman–Crippen LogP) is 2.73. The van der Waals surface area contributed by atoms with Crippen LogP contribution in [0, 0.1) is 0 Å². The summed E-state index contributed by atoms with van der Waals surface area (Å²) >= 11 is 0. The first kappa shape index (κ1) is 21.3. The number of nitrogens with zero attached hydrogens (tertiary/aromatic N) is 1. The number of sulfone groups is 1. The topological polar surface area (TPSA) is 75.7 Å². The molecule has 3 rings (SSSR count). The van der Waals surface area contributed by atoms with Gasteiger partial charge in [0.15, 0.2) is 9.84 Å². The molecule has 0 saturated carbocycles. The summed E-state index contributed by atoms with van der Waals surface area (Å²) in [5.74, 6) is 0.833. The van der Waals surface area contributed by atoms with Crippen molar-refractivity contribution in [1.29, 1.82) is 0 Å². The minimum atomic E-state index is -3.02. The molecule has 156 valence electrons. The largest absolute Gasteiger partial charge is 0.494 e. The Morgan fingerprint density at radius 2 is 1.66 bits per heavy atom. The van der Waals surface area contributed by atoms with Gasteiger partial charge < -0.3 is 10.1 Å². The quantitative estimate of drug-likeness (QED) is 0.751. The van der Waals surface area contributed by atoms with Crippen LogP contribution in [0.25, 0.3) is 0 Å². The smallest absolute Gasteiger partial charge is 0.242 e. The summed E-state index contributed by atoms with van der Waals surface area (Å²) in [4.78, 5) is 15.2. The maximum atomic E-state index is 13.2. The van der Waals surface area contributed by atoms with E-state index in [0.717, 1.165) is 16.9 Å². The summed E-state index contributed by atoms with van der Waals surface area (Å²) in [6.07, 6.45) is 0. The molecular weight excluding hydrogens is 388 g/mol. The molecule has 0 aliphatic carbocycles. The third kappa shape index (κ3) is 5.58. The van der Waals surface area contributed by atoms with Crippen molar-refractivity contribution < 1.29 is 17.9 Å². The highest BCUT2D eigenvalue weighted by atomic mass is 32.2. The van der Waals surface area contributed by atoms with Crippen LogP contribution in [0.15, 0.2) is 54.6 Å². The first-order chi connectivity index (χ1) is 13.9. The number of benzene rings is 2. The molecule has 2 atom stereocenters. The van der Waals surface area contributed by atoms with Crippen LogP contribution in [0.4, 0.5) is 0 Å². The standard InChI is InChI=1S/C22H28N2O4S/c1-3-28-20-11-9-18(10-12-20)17(2)23-22(25)21(19-7-5-4-6-8-19)24-13-15-29(26,27)16-14-24/h4-12,17,21H,3,13-16H2,1-2H3,(H,23,25). The molecule has 1 saturated heterocycles. The van der Waals surface area contributed by atoms with E-state index in [9.17, 15) is 13.2 Å². The summed E-state index contributed by atoms with van der Waals surface area (Å²) in [5.41, 5.74) is 1.85. The maximum Gasteiger partial charge on any atom is 0.242 e. The number of hydrogen-bond donors (Lipinski definition) is 1. The van der Waals surface area contributed by atoms with E-state index < -0.39 is 15.9 Å². The summed E-state index contributed by atoms with van der Waals surface area (Å²) in [6, 6.07) is 16.5. The van der Waals surface area contributed by atoms with Gasteiger partial charge in [0.05, 0.1) is 24.2 Å². The first-order valence-electron chi connectivity index (χ1n) is 9.92. The molecule has 1 aliphatic heterocycles. The van der Waals surface area contributed by atoms with Crippen molar-refractivity contribution >= 4 is 15.7 Å². The lowest BCUT2D eigenvalue weighted by Crippen LogP contribution is -2.47. The number of ether oxygens (including phenoxy) is 1. The third-order valence-corrected chi connectivity index (χ3v) is 6.77. The van der Waals surface area contributed by atoms with Gasteiger partial charge in [0.2, 0.25) is 5.91 Å². The summed E-state index contributed by atoms with van der Waals surface area (Å²) in [5, 5.41) is 3.09. The Morgan fingerprint density at radius 3 is 2.24 bits per heavy atom. The van der Waals surface area contributed by atoms with Gasteiger partial charge in [-0.25, -0.2) is 8.42 Å². The summed E-state index contributed by atoms with van der Waals surface area (Å²) < 4.78 is 29.1. The van der Waals surface area contributed by atoms with Crippen molar-refractivity contribution in [3.05, 3.63) is 65.7 Å². The van der Waals surface area contributed by atoms with Gasteiger partial charge in [-0.2, -0.15) is 0 Å². The molecule has 0 radical (unpaired) electrons. The molecular formula is C22H28N2O4S. The van der Waals surface area contributed by atoms with Crippen LogP contribution in [0.5, 0.6) is 5.75 Å². The molecule has 1 amide bonds. The fraction of sp³-hybridized carbons (Fsp3) is 0.409. The van der Waals surface area contributed by atoms with Gasteiger partial charge in [-0.05, 0) is 37.1 Å². The molecule has 7 heteroatoms. The van der Waals surface area contributed by atoms with Crippen LogP contribution in [-0.4, -0.2) is 50.4 Å². The number of carbonyl (C=O) groups excluding carboxylic acids is 1. The molecule has 0 spiro atoms. The van der Waals surface area contributed by atoms with Crippen LogP contribution >= 0.6 is 0 Å². The van der Waals surface area contributed by atoms with E-state index in [2.05, 4.69) is 5.32 Å². The Labute approximate surface area is 172 Å². The Bertz CT molecular complexity index is 900. The SMILES string of the molecule is CCOc1ccc(C(C)NC(=O)C(c2ccccc2)N2CCS(=O)(=O)CC2)cc1. The second kappa shape index (κ2) is 9.41. The van der Waals surface area contributed by atoms with Gasteiger partial charge >= 0.3 is 0 Å². The van der Waals surface area contributed by atoms with E-state index >= 15 is 0 Å². The number of carbonyl (C=O) groups is 1. The summed E-state index contributed by atoms with van der Waals surface area (Å²) in [6.45, 7) is 5.19. The van der Waals surface area contributed by atoms with Crippen LogP contribution in [0.3, 0.4) is 0 Å². The van der Waals surface area contributed by atoms with E-state index in [0.29, 0.717) is 19.7 Å². The molecule has 2 unspecified atom stereocenters. The van der Waals surface area contributed by atoms with E-state index in [1.54, 1.807) is 0 Å². The Balaban J connectivity index is 1.76. The zero-order chi connectivity index (χ0) is 20.9. The fourth-order valence-electron chi connectivity index (χ4n) is 3.54. The van der Waals surface area contributed by atoms with Gasteiger partial charge in [-0.3, -0.25) is 9.69 Å². The Morgan fingerprint density at radius 1 is 1.03 bits per heavy atom. The lowest BCUT2D eigenvalue weighted by molar-refractivity contribution is -0.127. The molecule has 6 nitrogen and oxygen atoms in total. The van der Waals surface area contributed by atoms with E-state index in [1.165, 1.54) is 0 Å². The van der Waals surface area contributed by atoms with Crippen molar-refractivity contribution in [2.24, 2.45) is 0 Å². The van der Waals surface area contributed by atoms with Gasteiger partial charge in [0.1, 0.15) is 11.8 Å². The number of hydrogen-bond acceptors (Lipinski definition) is 5. The van der Waals surface area contributed by atoms with Gasteiger partial charge in [-0.15, -0.1) is 0 Å². The highest BCUT2D eigenvalue weighted by Gasteiger charge is 2.33. The van der Waals surface area contributed by atoms with Gasteiger partial charge in [0, 0.05) is 13.1 Å². The Hall–Kier alpha value is -2.38. The van der Waals surface area contributed by atoms with Gasteiger partial charge in [-0.1, -0.05) is 42.5 Å². The number of nitrogens with one attached hydrogen (secondary N) is 1. The highest BCUT2D eigenvalue weighted by Crippen LogP contribution is 2.25. The normalized spacial score (nSPS) is 18.6. The zero-order valence-corrected chi connectivity index (χ0v) is 17.7. The van der Waals surface area contributed by atoms with Crippen molar-refractivity contribution in [2.45, 2.75) is 25.9 Å². The van der Waals surface area contributed by atoms with Crippen LogP contribution in [0.1, 0.15) is 37.1 Å². The Kier molecular flexibility index (Phi) is 6.92. The predicted molar refractivity (Wildman–Crippen MR) is 114 cm³/mol. The third-order valence-electron chi connectivity index (χ3n) is 5.16. The van der Waals surface area contributed by atoms with Crippen molar-refractivity contribution in [3.8, 4) is 5.75 Å². The molecule has 2 aromatic carbocycles. The molecule has 1 aliphatic rings. The first-order valence-corrected chi connectivity index (χ1v) is 11.7. The molecule has 29 heavy (non-hydrogen) atoms. The minimum Gasteiger partial charge on any atom is -0.494 e. The lowest BCUT2D eigenvalue weighted by atomic mass is 10.0. The van der Waals surface area contributed by atoms with Crippen LogP contribution in [0.2, 0.25) is 0 Å². The molecule has 2 aromatic rings. The van der Waals surface area contributed by atoms with E-state index in [1.807, 2.05) is 73.3 Å². The van der Waals surface area contributed by atoms with Gasteiger partial charge in [0.25, 0.3) is 0 Å². The molecule has 1 fully saturated rings. The van der Waals surface area contributed by atoms with Crippen molar-refractivity contribution in [2.75, 3.05) is 31.2 Å². The van der Waals surface area contributed by atoms with Crippen LogP contribution < -0.4 is 10.1 Å². The van der Waals surface area contributed by atoms with E-state index in [-0.39, 0.29) is 23.5 Å². The van der Waals surface area contributed by atoms with Crippen LogP contribution in [-0.2, 0) is 14.6 Å². The average Bonchev–Trinajstić information content (AvgIpc) is 2.71. The monoisotopic (exact) mass is 416 g/mol. The second-order valence-corrected chi connectivity index (χ2v) is 9.54. The van der Waals surface area contributed by atoms with Crippen molar-refractivity contribution in [3.63, 3.8) is 0 Å². The zero-order valence-electron chi connectivity index (χ0n) is 16.9. The maximum absolute atomic E-state index is 13.2. The molecule has 0 aromatic heterocycles. The average molecular weight is 417 g/mol. The highest BCUT2D eigenvalue weighted by molar-refractivity contribution is 7.91. The minimum absolute atomic E-state index is 0.0814. The number of amides is 1. The number of rotatable bonds is 7. The lowest BCUT2D eigenvalue weighted by Gasteiger charge is -2.34. The van der Waals surface area contributed by atoms with E-state index in [4.69, 9.17) is 4.74 Å². The molecule has 0 bridgehead atoms. The summed E-state index contributed by atoms with van der Waals surface area (Å²) in [7, 11) is -3.02. The second-order valence-electron chi connectivity index (χ2n) is 7.23. The fourth-order valence-corrected chi connectivity index (χ4v) is 4.77. The molecule has 1 heterocycles.